The van der Waals surface area contributed by atoms with Gasteiger partial charge in [0.2, 0.25) is 5.91 Å². The third-order valence-electron chi connectivity index (χ3n) is 4.44. The maximum absolute atomic E-state index is 12.4. The molecule has 0 spiro atoms. The van der Waals surface area contributed by atoms with Crippen molar-refractivity contribution in [3.05, 3.63) is 52.0 Å². The molecule has 0 bridgehead atoms. The summed E-state index contributed by atoms with van der Waals surface area (Å²) < 4.78 is 0. The highest BCUT2D eigenvalue weighted by Gasteiger charge is 2.33. The molecule has 0 saturated carbocycles. The second kappa shape index (κ2) is 7.23. The molecule has 2 N–H and O–H groups in total. The molecule has 2 aromatic rings. The van der Waals surface area contributed by atoms with E-state index in [0.29, 0.717) is 13.0 Å². The average molecular weight is 329 g/mol. The number of benzene rings is 1. The second-order valence-corrected chi connectivity index (χ2v) is 7.25. The van der Waals surface area contributed by atoms with Crippen LogP contribution in [0.25, 0.3) is 0 Å². The predicted molar refractivity (Wildman–Crippen MR) is 93.5 cm³/mol. The molecule has 3 rings (SSSR count). The Bertz CT molecular complexity index is 655. The number of hydrogen-bond donors (Lipinski definition) is 1. The van der Waals surface area contributed by atoms with Crippen molar-refractivity contribution in [2.24, 2.45) is 5.73 Å². The van der Waals surface area contributed by atoms with E-state index < -0.39 is 0 Å². The third kappa shape index (κ3) is 3.98. The lowest BCUT2D eigenvalue weighted by Crippen LogP contribution is -2.32. The van der Waals surface area contributed by atoms with E-state index in [2.05, 4.69) is 22.5 Å². The normalized spacial score (nSPS) is 20.9. The molecular weight excluding hydrogens is 306 g/mol. The minimum atomic E-state index is 0.0301. The number of rotatable bonds is 5. The number of nitrogens with zero attached hydrogens (tertiary/aromatic N) is 2. The summed E-state index contributed by atoms with van der Waals surface area (Å²) >= 11 is 1.66. The van der Waals surface area contributed by atoms with Gasteiger partial charge in [-0.25, -0.2) is 4.98 Å². The van der Waals surface area contributed by atoms with Crippen LogP contribution in [0.15, 0.2) is 35.7 Å². The zero-order valence-electron chi connectivity index (χ0n) is 13.4. The molecule has 1 aromatic carbocycles. The SMILES string of the molecule is Cc1nc(CCCC(=O)N2C[C@@H](N)[C@H](c3ccccc3)C2)cs1. The number of hydrogen-bond acceptors (Lipinski definition) is 4. The topological polar surface area (TPSA) is 59.2 Å². The minimum Gasteiger partial charge on any atom is -0.340 e. The molecule has 0 unspecified atom stereocenters. The Morgan fingerprint density at radius 2 is 2.13 bits per heavy atom. The molecule has 1 aliphatic heterocycles. The number of carbonyl (C=O) groups is 1. The predicted octanol–water partition coefficient (Wildman–Crippen LogP) is 2.73. The first-order valence-corrected chi connectivity index (χ1v) is 9.01. The first kappa shape index (κ1) is 16.1. The fourth-order valence-corrected chi connectivity index (χ4v) is 3.83. The summed E-state index contributed by atoms with van der Waals surface area (Å²) in [5.74, 6) is 0.465. The smallest absolute Gasteiger partial charge is 0.222 e. The molecule has 2 heterocycles. The molecule has 1 fully saturated rings. The largest absolute Gasteiger partial charge is 0.340 e. The van der Waals surface area contributed by atoms with Crippen molar-refractivity contribution in [3.63, 3.8) is 0 Å². The van der Waals surface area contributed by atoms with Gasteiger partial charge in [0.1, 0.15) is 0 Å². The minimum absolute atomic E-state index is 0.0301. The average Bonchev–Trinajstić information content (AvgIpc) is 3.14. The lowest BCUT2D eigenvalue weighted by molar-refractivity contribution is -0.130. The highest BCUT2D eigenvalue weighted by atomic mass is 32.1. The Hall–Kier alpha value is -1.72. The monoisotopic (exact) mass is 329 g/mol. The second-order valence-electron chi connectivity index (χ2n) is 6.19. The maximum atomic E-state index is 12.4. The van der Waals surface area contributed by atoms with Gasteiger partial charge in [0, 0.05) is 36.9 Å². The summed E-state index contributed by atoms with van der Waals surface area (Å²) in [6, 6.07) is 10.3. The van der Waals surface area contributed by atoms with Crippen molar-refractivity contribution in [3.8, 4) is 0 Å². The number of aryl methyl sites for hydroxylation is 2. The Morgan fingerprint density at radius 1 is 1.35 bits per heavy atom. The van der Waals surface area contributed by atoms with Gasteiger partial charge in [-0.1, -0.05) is 30.3 Å². The Labute approximate surface area is 141 Å². The van der Waals surface area contributed by atoms with Crippen molar-refractivity contribution in [2.75, 3.05) is 13.1 Å². The fourth-order valence-electron chi connectivity index (χ4n) is 3.19. The van der Waals surface area contributed by atoms with Gasteiger partial charge < -0.3 is 10.6 Å². The molecule has 1 aliphatic rings. The van der Waals surface area contributed by atoms with E-state index in [0.717, 1.165) is 30.1 Å². The van der Waals surface area contributed by atoms with Crippen LogP contribution in [-0.4, -0.2) is 34.9 Å². The number of likely N-dealkylation sites (tertiary alicyclic amines) is 1. The van der Waals surface area contributed by atoms with Crippen molar-refractivity contribution in [1.29, 1.82) is 0 Å². The molecule has 122 valence electrons. The summed E-state index contributed by atoms with van der Waals surface area (Å²) in [5, 5.41) is 3.17. The van der Waals surface area contributed by atoms with Gasteiger partial charge in [0.15, 0.2) is 0 Å². The van der Waals surface area contributed by atoms with Crippen LogP contribution < -0.4 is 5.73 Å². The van der Waals surface area contributed by atoms with Gasteiger partial charge in [0.25, 0.3) is 0 Å². The quantitative estimate of drug-likeness (QED) is 0.917. The number of aromatic nitrogens is 1. The molecule has 0 radical (unpaired) electrons. The lowest BCUT2D eigenvalue weighted by Gasteiger charge is -2.16. The highest BCUT2D eigenvalue weighted by molar-refractivity contribution is 7.09. The number of amides is 1. The maximum Gasteiger partial charge on any atom is 0.222 e. The first-order chi connectivity index (χ1) is 11.1. The summed E-state index contributed by atoms with van der Waals surface area (Å²) in [7, 11) is 0. The molecule has 1 saturated heterocycles. The van der Waals surface area contributed by atoms with E-state index in [4.69, 9.17) is 5.73 Å². The van der Waals surface area contributed by atoms with Crippen molar-refractivity contribution in [2.45, 2.75) is 38.1 Å². The van der Waals surface area contributed by atoms with Crippen molar-refractivity contribution < 1.29 is 4.79 Å². The summed E-state index contributed by atoms with van der Waals surface area (Å²) in [4.78, 5) is 18.8. The van der Waals surface area contributed by atoms with Crippen LogP contribution in [0.3, 0.4) is 0 Å². The molecule has 2 atom stereocenters. The van der Waals surface area contributed by atoms with E-state index >= 15 is 0 Å². The first-order valence-electron chi connectivity index (χ1n) is 8.13. The summed E-state index contributed by atoms with van der Waals surface area (Å²) in [5.41, 5.74) is 8.59. The van der Waals surface area contributed by atoms with Gasteiger partial charge >= 0.3 is 0 Å². The van der Waals surface area contributed by atoms with Crippen LogP contribution in [0.4, 0.5) is 0 Å². The zero-order valence-corrected chi connectivity index (χ0v) is 14.3. The Balaban J connectivity index is 1.50. The van der Waals surface area contributed by atoms with Gasteiger partial charge in [-0.05, 0) is 25.3 Å². The van der Waals surface area contributed by atoms with Crippen molar-refractivity contribution in [1.82, 2.24) is 9.88 Å². The standard InChI is InChI=1S/C18H23N3OS/c1-13-20-15(12-23-13)8-5-9-18(22)21-10-16(17(19)11-21)14-6-3-2-4-7-14/h2-4,6-7,12,16-17H,5,8-11,19H2,1H3/t16-,17+/m0/s1. The van der Waals surface area contributed by atoms with Crippen LogP contribution in [0, 0.1) is 6.92 Å². The van der Waals surface area contributed by atoms with Gasteiger partial charge in [-0.15, -0.1) is 11.3 Å². The number of nitrogens with two attached hydrogens (primary N) is 1. The summed E-state index contributed by atoms with van der Waals surface area (Å²) in [6.07, 6.45) is 2.30. The van der Waals surface area contributed by atoms with E-state index in [1.165, 1.54) is 5.56 Å². The number of carbonyl (C=O) groups excluding carboxylic acids is 1. The van der Waals surface area contributed by atoms with Gasteiger partial charge in [-0.3, -0.25) is 4.79 Å². The third-order valence-corrected chi connectivity index (χ3v) is 5.26. The van der Waals surface area contributed by atoms with E-state index in [9.17, 15) is 4.79 Å². The molecule has 23 heavy (non-hydrogen) atoms. The fraction of sp³-hybridized carbons (Fsp3) is 0.444. The molecule has 1 aromatic heterocycles. The van der Waals surface area contributed by atoms with Crippen molar-refractivity contribution >= 4 is 17.2 Å². The zero-order chi connectivity index (χ0) is 16.2. The van der Waals surface area contributed by atoms with Gasteiger partial charge in [-0.2, -0.15) is 0 Å². The molecule has 4 nitrogen and oxygen atoms in total. The van der Waals surface area contributed by atoms with Gasteiger partial charge in [0.05, 0.1) is 10.7 Å². The number of thiazole rings is 1. The molecule has 5 heteroatoms. The lowest BCUT2D eigenvalue weighted by atomic mass is 9.95. The summed E-state index contributed by atoms with van der Waals surface area (Å²) in [6.45, 7) is 3.41. The Morgan fingerprint density at radius 3 is 2.83 bits per heavy atom. The van der Waals surface area contributed by atoms with Crippen LogP contribution in [-0.2, 0) is 11.2 Å². The molecular formula is C18H23N3OS. The van der Waals surface area contributed by atoms with E-state index in [1.807, 2.05) is 30.0 Å². The van der Waals surface area contributed by atoms with Crippen LogP contribution in [0.5, 0.6) is 0 Å². The van der Waals surface area contributed by atoms with Crippen LogP contribution in [0.2, 0.25) is 0 Å². The van der Waals surface area contributed by atoms with Crippen LogP contribution in [0.1, 0.15) is 35.0 Å². The molecule has 1 amide bonds. The Kier molecular flexibility index (Phi) is 5.08. The van der Waals surface area contributed by atoms with Crippen LogP contribution >= 0.6 is 11.3 Å². The highest BCUT2D eigenvalue weighted by Crippen LogP contribution is 2.27. The van der Waals surface area contributed by atoms with E-state index in [-0.39, 0.29) is 17.9 Å². The van der Waals surface area contributed by atoms with E-state index in [1.54, 1.807) is 11.3 Å². The molecule has 0 aliphatic carbocycles.